The summed E-state index contributed by atoms with van der Waals surface area (Å²) in [5, 5.41) is 15.1. The first-order valence-electron chi connectivity index (χ1n) is 36.4. The number of anilines is 6. The molecule has 106 heavy (non-hydrogen) atoms. The fraction of sp³-hybridized carbons (Fsp3) is 0.0200. The molecule has 0 amide bonds. The van der Waals surface area contributed by atoms with Gasteiger partial charge >= 0.3 is 0 Å². The molecule has 0 aliphatic carbocycles. The smallest absolute Gasteiger partial charge is 0.0562 e. The molecule has 6 heteroatoms. The van der Waals surface area contributed by atoms with E-state index in [0.29, 0.717) is 0 Å². The number of hydrogen-bond donors (Lipinski definition) is 0. The predicted molar refractivity (Wildman–Crippen MR) is 454 cm³/mol. The molecule has 0 spiro atoms. The highest BCUT2D eigenvalue weighted by molar-refractivity contribution is 7.25. The van der Waals surface area contributed by atoms with Crippen molar-refractivity contribution in [2.75, 3.05) is 9.80 Å². The quantitative estimate of drug-likeness (QED) is 0.129. The molecule has 21 aromatic rings. The van der Waals surface area contributed by atoms with Gasteiger partial charge in [-0.2, -0.15) is 0 Å². The monoisotopic (exact) mass is 1370 g/mol. The van der Waals surface area contributed by atoms with Gasteiger partial charge in [0.1, 0.15) is 0 Å². The van der Waals surface area contributed by atoms with Gasteiger partial charge in [0.15, 0.2) is 0 Å². The van der Waals surface area contributed by atoms with Crippen LogP contribution in [0.25, 0.3) is 146 Å². The van der Waals surface area contributed by atoms with Crippen molar-refractivity contribution in [2.45, 2.75) is 13.8 Å². The molecule has 0 saturated heterocycles. The number of para-hydroxylation sites is 6. The van der Waals surface area contributed by atoms with Gasteiger partial charge in [-0.15, -0.1) is 11.3 Å². The molecule has 0 aliphatic rings. The summed E-state index contributed by atoms with van der Waals surface area (Å²) in [6.45, 7) is 4.42. The lowest BCUT2D eigenvalue weighted by Crippen LogP contribution is -2.10. The lowest BCUT2D eigenvalue weighted by atomic mass is 9.94. The molecular formula is C100H69N5S. The van der Waals surface area contributed by atoms with Crippen LogP contribution in [0.1, 0.15) is 11.1 Å². The van der Waals surface area contributed by atoms with Crippen LogP contribution in [-0.2, 0) is 0 Å². The fourth-order valence-electron chi connectivity index (χ4n) is 16.8. The first-order valence-corrected chi connectivity index (χ1v) is 37.2. The van der Waals surface area contributed by atoms with Gasteiger partial charge in [-0.1, -0.05) is 237 Å². The Morgan fingerprint density at radius 1 is 0.226 bits per heavy atom. The first kappa shape index (κ1) is 62.3. The average Bonchev–Trinajstić information content (AvgIpc) is 1.57. The van der Waals surface area contributed by atoms with Crippen LogP contribution in [-0.4, -0.2) is 13.7 Å². The third-order valence-corrected chi connectivity index (χ3v) is 22.7. The van der Waals surface area contributed by atoms with Gasteiger partial charge in [0.25, 0.3) is 0 Å². The van der Waals surface area contributed by atoms with Crippen molar-refractivity contribution in [1.82, 2.24) is 13.7 Å². The summed E-state index contributed by atoms with van der Waals surface area (Å²) in [5.41, 5.74) is 24.9. The Balaban J connectivity index is 0.000000141. The van der Waals surface area contributed by atoms with Crippen molar-refractivity contribution in [3.05, 3.63) is 393 Å². The second kappa shape index (κ2) is 25.8. The molecule has 0 bridgehead atoms. The molecule has 4 aromatic heterocycles. The maximum absolute atomic E-state index is 2.43. The molecule has 0 unspecified atom stereocenters. The minimum atomic E-state index is 1.10. The summed E-state index contributed by atoms with van der Waals surface area (Å²) in [6.07, 6.45) is 0. The van der Waals surface area contributed by atoms with E-state index in [0.717, 1.165) is 51.2 Å². The van der Waals surface area contributed by atoms with Crippen LogP contribution in [0.15, 0.2) is 382 Å². The summed E-state index contributed by atoms with van der Waals surface area (Å²) >= 11 is 1.86. The van der Waals surface area contributed by atoms with Gasteiger partial charge in [-0.25, -0.2) is 0 Å². The molecule has 0 saturated carbocycles. The Kier molecular flexibility index (Phi) is 15.1. The zero-order chi connectivity index (χ0) is 70.3. The molecule has 0 fully saturated rings. The molecule has 0 radical (unpaired) electrons. The van der Waals surface area contributed by atoms with Gasteiger partial charge in [-0.05, 0) is 214 Å². The number of thiophene rings is 1. The number of rotatable bonds is 11. The Morgan fingerprint density at radius 3 is 1.05 bits per heavy atom. The number of aromatic nitrogens is 3. The Labute approximate surface area is 618 Å². The molecule has 21 rings (SSSR count). The van der Waals surface area contributed by atoms with Crippen molar-refractivity contribution < 1.29 is 0 Å². The van der Waals surface area contributed by atoms with Gasteiger partial charge in [0.05, 0.1) is 44.5 Å². The highest BCUT2D eigenvalue weighted by Crippen LogP contribution is 2.49. The summed E-state index contributed by atoms with van der Waals surface area (Å²) in [6, 6.07) is 139. The Bertz CT molecular complexity index is 6910. The lowest BCUT2D eigenvalue weighted by Gasteiger charge is -2.27. The fourth-order valence-corrected chi connectivity index (χ4v) is 17.9. The highest BCUT2D eigenvalue weighted by atomic mass is 32.1. The zero-order valence-electron chi connectivity index (χ0n) is 58.5. The van der Waals surface area contributed by atoms with E-state index >= 15 is 0 Å². The number of nitrogens with zero attached hydrogens (tertiary/aromatic N) is 5. The average molecular weight is 1370 g/mol. The largest absolute Gasteiger partial charge is 0.310 e. The molecule has 0 N–H and O–H groups in total. The van der Waals surface area contributed by atoms with E-state index in [-0.39, 0.29) is 0 Å². The van der Waals surface area contributed by atoms with E-state index in [1.54, 1.807) is 0 Å². The molecule has 500 valence electrons. The number of benzene rings is 17. The maximum Gasteiger partial charge on any atom is 0.0562 e. The topological polar surface area (TPSA) is 21.3 Å². The molecular weight excluding hydrogens is 1300 g/mol. The summed E-state index contributed by atoms with van der Waals surface area (Å²) < 4.78 is 9.84. The number of hydrogen-bond acceptors (Lipinski definition) is 3. The standard InChI is InChI=1S/C53H37N3.C47H32N2S/c1-36-26-27-37-14-5-6-17-43(37)52(36)38-28-30-41(31-29-38)56-49-23-12-9-20-46(49)53-50(24-13-25-51(53)56)54(39-15-3-2-4-16-39)40-32-34-42(35-33-40)55-47-21-10-7-18-44(47)45-19-8-11-22-48(45)55;1-31-22-23-32-12-5-6-15-37(32)46(31)33-24-26-35(27-25-33)49-41-18-9-7-17-39(41)47-42(19-11-20-43(47)49)48(34-13-3-2-4-14-34)36-28-29-45-40(30-36)38-16-8-10-21-44(38)50-45/h2-35H,1H3;2-30H,1H3. The van der Waals surface area contributed by atoms with Crippen LogP contribution in [0, 0.1) is 13.8 Å². The first-order chi connectivity index (χ1) is 52.5. The van der Waals surface area contributed by atoms with Gasteiger partial charge < -0.3 is 23.5 Å². The van der Waals surface area contributed by atoms with Crippen molar-refractivity contribution in [1.29, 1.82) is 0 Å². The summed E-state index contributed by atoms with van der Waals surface area (Å²) in [5.74, 6) is 0. The summed E-state index contributed by atoms with van der Waals surface area (Å²) in [7, 11) is 0. The van der Waals surface area contributed by atoms with E-state index in [2.05, 4.69) is 420 Å². The molecule has 0 aliphatic heterocycles. The third kappa shape index (κ3) is 10.4. The second-order valence-electron chi connectivity index (χ2n) is 27.6. The van der Waals surface area contributed by atoms with Crippen LogP contribution in [0.2, 0.25) is 0 Å². The van der Waals surface area contributed by atoms with E-state index in [1.165, 1.54) is 141 Å². The van der Waals surface area contributed by atoms with E-state index in [4.69, 9.17) is 0 Å². The van der Waals surface area contributed by atoms with Crippen LogP contribution in [0.3, 0.4) is 0 Å². The maximum atomic E-state index is 2.43. The molecule has 4 heterocycles. The third-order valence-electron chi connectivity index (χ3n) is 21.5. The van der Waals surface area contributed by atoms with Crippen molar-refractivity contribution in [3.63, 3.8) is 0 Å². The van der Waals surface area contributed by atoms with Crippen molar-refractivity contribution >= 4 is 153 Å². The zero-order valence-corrected chi connectivity index (χ0v) is 59.3. The lowest BCUT2D eigenvalue weighted by molar-refractivity contribution is 1.17. The number of fused-ring (bicyclic) bond motifs is 14. The van der Waals surface area contributed by atoms with E-state index in [1.807, 2.05) is 11.3 Å². The van der Waals surface area contributed by atoms with Crippen LogP contribution >= 0.6 is 11.3 Å². The normalized spacial score (nSPS) is 11.7. The molecule has 0 atom stereocenters. The second-order valence-corrected chi connectivity index (χ2v) is 28.7. The summed E-state index contributed by atoms with van der Waals surface area (Å²) in [4.78, 5) is 4.83. The van der Waals surface area contributed by atoms with Crippen molar-refractivity contribution in [3.8, 4) is 39.3 Å². The minimum Gasteiger partial charge on any atom is -0.310 e. The number of aryl methyl sites for hydroxylation is 2. The molecule has 5 nitrogen and oxygen atoms in total. The van der Waals surface area contributed by atoms with Crippen LogP contribution < -0.4 is 9.80 Å². The van der Waals surface area contributed by atoms with Crippen LogP contribution in [0.4, 0.5) is 34.1 Å². The van der Waals surface area contributed by atoms with Gasteiger partial charge in [0, 0.05) is 92.3 Å². The van der Waals surface area contributed by atoms with Gasteiger partial charge in [0.2, 0.25) is 0 Å². The van der Waals surface area contributed by atoms with E-state index < -0.39 is 0 Å². The van der Waals surface area contributed by atoms with Crippen LogP contribution in [0.5, 0.6) is 0 Å². The predicted octanol–water partition coefficient (Wildman–Crippen LogP) is 28.2. The van der Waals surface area contributed by atoms with Crippen molar-refractivity contribution in [2.24, 2.45) is 0 Å². The Hall–Kier alpha value is -13.5. The SMILES string of the molecule is Cc1ccc2ccccc2c1-c1ccc(-n2c3ccccc3c3c(N(c4ccccc4)c4ccc(-n5c6ccccc6c6ccccc65)cc4)cccc32)cc1.Cc1ccc2ccccc2c1-c1ccc(-n2c3ccccc3c3c(N(c4ccccc4)c4ccc5sc6ccccc6c5c4)cccc32)cc1. The van der Waals surface area contributed by atoms with E-state index in [9.17, 15) is 0 Å². The van der Waals surface area contributed by atoms with Gasteiger partial charge in [-0.3, -0.25) is 0 Å². The highest BCUT2D eigenvalue weighted by Gasteiger charge is 2.25. The minimum absolute atomic E-state index is 1.10. The molecule has 17 aromatic carbocycles. The Morgan fingerprint density at radius 2 is 0.566 bits per heavy atom.